The highest BCUT2D eigenvalue weighted by Gasteiger charge is 2.05. The van der Waals surface area contributed by atoms with Gasteiger partial charge in [-0.15, -0.1) is 0 Å². The Hall–Kier alpha value is -1.66. The summed E-state index contributed by atoms with van der Waals surface area (Å²) in [7, 11) is 1.49. The zero-order valence-corrected chi connectivity index (χ0v) is 9.53. The Morgan fingerprint density at radius 1 is 1.50 bits per heavy atom. The molecule has 0 aromatic heterocycles. The number of hydrogen-bond donors (Lipinski definition) is 2. The highest BCUT2D eigenvalue weighted by molar-refractivity contribution is 7.80. The lowest BCUT2D eigenvalue weighted by Crippen LogP contribution is -2.19. The van der Waals surface area contributed by atoms with Gasteiger partial charge in [0, 0.05) is 12.7 Å². The highest BCUT2D eigenvalue weighted by Crippen LogP contribution is 2.17. The van der Waals surface area contributed by atoms with Crippen molar-refractivity contribution in [2.24, 2.45) is 0 Å². The van der Waals surface area contributed by atoms with Crippen LogP contribution in [0.1, 0.15) is 0 Å². The van der Waals surface area contributed by atoms with E-state index in [4.69, 9.17) is 4.55 Å². The summed E-state index contributed by atoms with van der Waals surface area (Å²) in [6, 6.07) is 6.54. The van der Waals surface area contributed by atoms with E-state index in [1.165, 1.54) is 17.4 Å². The second kappa shape index (κ2) is 5.43. The minimum absolute atomic E-state index is 0.299. The Morgan fingerprint density at radius 3 is 2.50 bits per heavy atom. The number of anilines is 2. The Bertz CT molecular complexity index is 417. The van der Waals surface area contributed by atoms with Gasteiger partial charge in [-0.2, -0.15) is 0 Å². The predicted octanol–water partition coefficient (Wildman–Crippen LogP) is 1.38. The summed E-state index contributed by atoms with van der Waals surface area (Å²) in [6.07, 6.45) is 1.17. The molecule has 1 unspecified atom stereocenters. The van der Waals surface area contributed by atoms with Crippen LogP contribution in [0.2, 0.25) is 0 Å². The first-order valence-corrected chi connectivity index (χ1v) is 5.49. The van der Waals surface area contributed by atoms with Gasteiger partial charge in [-0.1, -0.05) is 6.58 Å². The summed E-state index contributed by atoms with van der Waals surface area (Å²) in [5.74, 6) is -0.299. The minimum atomic E-state index is -2.05. The molecule has 0 spiro atoms. The van der Waals surface area contributed by atoms with Crippen LogP contribution >= 0.6 is 0 Å². The molecule has 1 atom stereocenters. The maximum atomic E-state index is 11.0. The molecule has 1 aromatic carbocycles. The molecule has 1 rings (SSSR count). The molecule has 0 saturated heterocycles. The molecule has 0 heterocycles. The van der Waals surface area contributed by atoms with Crippen LogP contribution in [0, 0.1) is 0 Å². The van der Waals surface area contributed by atoms with Crippen molar-refractivity contribution in [1.82, 2.24) is 0 Å². The van der Waals surface area contributed by atoms with Crippen molar-refractivity contribution < 1.29 is 13.6 Å². The highest BCUT2D eigenvalue weighted by atomic mass is 32.2. The van der Waals surface area contributed by atoms with Crippen LogP contribution in [-0.2, 0) is 16.1 Å². The molecule has 1 amide bonds. The molecule has 2 N–H and O–H groups in total. The van der Waals surface area contributed by atoms with Crippen LogP contribution in [0.25, 0.3) is 0 Å². The van der Waals surface area contributed by atoms with Crippen LogP contribution in [0.15, 0.2) is 36.9 Å². The normalized spacial score (nSPS) is 11.6. The summed E-state index contributed by atoms with van der Waals surface area (Å²) >= 11 is -2.05. The average Bonchev–Trinajstić information content (AvgIpc) is 2.28. The number of amides is 1. The lowest BCUT2D eigenvalue weighted by atomic mass is 10.3. The Kier molecular flexibility index (Phi) is 4.21. The van der Waals surface area contributed by atoms with E-state index < -0.39 is 11.3 Å². The van der Waals surface area contributed by atoms with E-state index in [-0.39, 0.29) is 5.91 Å². The third kappa shape index (κ3) is 3.18. The predicted molar refractivity (Wildman–Crippen MR) is 64.4 cm³/mol. The molecule has 0 aliphatic rings. The maximum Gasteiger partial charge on any atom is 0.261 e. The van der Waals surface area contributed by atoms with Crippen molar-refractivity contribution in [1.29, 1.82) is 0 Å². The molecule has 0 saturated carbocycles. The van der Waals surface area contributed by atoms with Crippen molar-refractivity contribution >= 4 is 28.5 Å². The van der Waals surface area contributed by atoms with Crippen LogP contribution in [-0.4, -0.2) is 21.7 Å². The Morgan fingerprint density at radius 2 is 2.06 bits per heavy atom. The summed E-state index contributed by atoms with van der Waals surface area (Å²) in [6.45, 7) is 3.33. The number of benzene rings is 1. The van der Waals surface area contributed by atoms with Gasteiger partial charge in [-0.25, -0.2) is 4.21 Å². The molecule has 0 aliphatic heterocycles. The molecule has 1 aromatic rings. The van der Waals surface area contributed by atoms with Gasteiger partial charge in [0.1, 0.15) is 0 Å². The number of rotatable bonds is 4. The lowest BCUT2D eigenvalue weighted by molar-refractivity contribution is -0.111. The molecule has 86 valence electrons. The van der Waals surface area contributed by atoms with Gasteiger partial charge in [0.25, 0.3) is 11.3 Å². The first-order chi connectivity index (χ1) is 7.54. The summed E-state index contributed by atoms with van der Waals surface area (Å²) in [4.78, 5) is 11.0. The van der Waals surface area contributed by atoms with Gasteiger partial charge in [-0.05, 0) is 30.3 Å². The first-order valence-electron chi connectivity index (χ1n) is 4.43. The van der Waals surface area contributed by atoms with Crippen LogP contribution in [0.3, 0.4) is 0 Å². The Labute approximate surface area is 96.2 Å². The van der Waals surface area contributed by atoms with E-state index in [0.717, 1.165) is 0 Å². The second-order valence-corrected chi connectivity index (χ2v) is 3.98. The van der Waals surface area contributed by atoms with E-state index in [9.17, 15) is 9.00 Å². The lowest BCUT2D eigenvalue weighted by Gasteiger charge is -2.13. The van der Waals surface area contributed by atoms with Gasteiger partial charge in [-0.3, -0.25) is 13.7 Å². The van der Waals surface area contributed by atoms with Gasteiger partial charge in [0.15, 0.2) is 0 Å². The fourth-order valence-electron chi connectivity index (χ4n) is 1.04. The monoisotopic (exact) mass is 240 g/mol. The van der Waals surface area contributed by atoms with Crippen molar-refractivity contribution in [3.05, 3.63) is 36.9 Å². The third-order valence-corrected chi connectivity index (χ3v) is 2.60. The molecule has 6 heteroatoms. The van der Waals surface area contributed by atoms with E-state index in [2.05, 4.69) is 11.9 Å². The molecule has 0 radical (unpaired) electrons. The van der Waals surface area contributed by atoms with Crippen molar-refractivity contribution in [3.63, 3.8) is 0 Å². The van der Waals surface area contributed by atoms with Gasteiger partial charge in [0.05, 0.1) is 5.69 Å². The quantitative estimate of drug-likeness (QED) is 0.617. The third-order valence-electron chi connectivity index (χ3n) is 1.92. The van der Waals surface area contributed by atoms with Crippen molar-refractivity contribution in [3.8, 4) is 0 Å². The van der Waals surface area contributed by atoms with E-state index in [1.54, 1.807) is 24.3 Å². The van der Waals surface area contributed by atoms with Gasteiger partial charge in [0.2, 0.25) is 5.91 Å². The Balaban J connectivity index is 2.79. The van der Waals surface area contributed by atoms with Gasteiger partial charge < -0.3 is 5.32 Å². The molecular weight excluding hydrogens is 228 g/mol. The molecule has 0 aliphatic carbocycles. The standard InChI is InChI=1S/C10H12N2O3S/c1-3-10(13)11-8-4-6-9(7-5-8)12(2)16(14)15/h3-7H,1H2,2H3,(H,11,13)(H,14,15). The number of carbonyl (C=O) groups excluding carboxylic acids is 1. The van der Waals surface area contributed by atoms with Crippen LogP contribution < -0.4 is 9.62 Å². The zero-order valence-electron chi connectivity index (χ0n) is 8.71. The average molecular weight is 240 g/mol. The van der Waals surface area contributed by atoms with E-state index in [1.807, 2.05) is 0 Å². The number of nitrogens with one attached hydrogen (secondary N) is 1. The zero-order chi connectivity index (χ0) is 12.1. The van der Waals surface area contributed by atoms with E-state index >= 15 is 0 Å². The van der Waals surface area contributed by atoms with Crippen molar-refractivity contribution in [2.75, 3.05) is 16.7 Å². The molecule has 0 fully saturated rings. The van der Waals surface area contributed by atoms with E-state index in [0.29, 0.717) is 11.4 Å². The SMILES string of the molecule is C=CC(=O)Nc1ccc(N(C)S(=O)O)cc1. The summed E-state index contributed by atoms with van der Waals surface area (Å²) in [5.41, 5.74) is 1.18. The summed E-state index contributed by atoms with van der Waals surface area (Å²) in [5, 5.41) is 2.57. The number of carbonyl (C=O) groups is 1. The molecule has 16 heavy (non-hydrogen) atoms. The largest absolute Gasteiger partial charge is 0.323 e. The smallest absolute Gasteiger partial charge is 0.261 e. The summed E-state index contributed by atoms with van der Waals surface area (Å²) < 4.78 is 20.8. The van der Waals surface area contributed by atoms with Crippen LogP contribution in [0.5, 0.6) is 0 Å². The molecule has 5 nitrogen and oxygen atoms in total. The maximum absolute atomic E-state index is 11.0. The topological polar surface area (TPSA) is 69.6 Å². The fraction of sp³-hybridized carbons (Fsp3) is 0.100. The molecular formula is C10H12N2O3S. The number of nitrogens with zero attached hydrogens (tertiary/aromatic N) is 1. The second-order valence-electron chi connectivity index (χ2n) is 2.97. The van der Waals surface area contributed by atoms with Crippen molar-refractivity contribution in [2.45, 2.75) is 0 Å². The van der Waals surface area contributed by atoms with Crippen LogP contribution in [0.4, 0.5) is 11.4 Å². The number of hydrogen-bond acceptors (Lipinski definition) is 2. The first kappa shape index (κ1) is 12.4. The van der Waals surface area contributed by atoms with Gasteiger partial charge >= 0.3 is 0 Å². The molecule has 0 bridgehead atoms. The minimum Gasteiger partial charge on any atom is -0.323 e. The fourth-order valence-corrected chi connectivity index (χ4v) is 1.34.